The first-order chi connectivity index (χ1) is 30.4. The van der Waals surface area contributed by atoms with E-state index in [1.807, 2.05) is 30.1 Å². The number of imide groups is 1. The number of anilines is 4. The molecule has 6 aliphatic heterocycles. The Morgan fingerprint density at radius 1 is 0.825 bits per heavy atom. The maximum atomic E-state index is 16.3. The molecule has 3 aromatic carbocycles. The highest BCUT2D eigenvalue weighted by atomic mass is 19.1. The predicted octanol–water partition coefficient (Wildman–Crippen LogP) is 3.32. The van der Waals surface area contributed by atoms with Crippen molar-refractivity contribution in [2.24, 2.45) is 5.73 Å². The summed E-state index contributed by atoms with van der Waals surface area (Å²) in [4.78, 5) is 64.6. The van der Waals surface area contributed by atoms with E-state index in [-0.39, 0.29) is 34.4 Å². The number of carbonyl (C=O) groups excluding carboxylic acids is 4. The number of primary amides is 1. The molecule has 326 valence electrons. The normalized spacial score (nSPS) is 23.1. The predicted molar refractivity (Wildman–Crippen MR) is 237 cm³/mol. The van der Waals surface area contributed by atoms with Crippen molar-refractivity contribution in [1.29, 1.82) is 0 Å². The lowest BCUT2D eigenvalue weighted by atomic mass is 9.87. The standard InChI is InChI=1S/C47H52FN11O4/c1-28-4-3-5-40(50-28)52-44(61)36-11-13-38(43(48)29(36)2)47(46(49)63)23-41-51-39-14-10-33(22-31(39)16-17-59(41)54-47)55-18-20-56(21-19-55)34-24-58(25-34)35-26-57(27-35)32-8-6-30(7-9-32)37-12-15-42(60)53-45(37)62/h3-11,13-14,22-23,34-35,37,51,54H,12,15-21,24-27H2,1-2H3,(H2,49,63)(H,50,52,61)(H,53,60,62). The molecule has 2 atom stereocenters. The quantitative estimate of drug-likeness (QED) is 0.156. The monoisotopic (exact) mass is 853 g/mol. The minimum Gasteiger partial charge on any atom is -0.369 e. The number of hydrogen-bond donors (Lipinski definition) is 5. The third kappa shape index (κ3) is 7.55. The Kier molecular flexibility index (Phi) is 10.4. The third-order valence-corrected chi connectivity index (χ3v) is 13.9. The van der Waals surface area contributed by atoms with Gasteiger partial charge in [-0.1, -0.05) is 24.3 Å². The minimum absolute atomic E-state index is 0.0341. The molecule has 6 N–H and O–H groups in total. The summed E-state index contributed by atoms with van der Waals surface area (Å²) in [6.07, 6.45) is 3.26. The topological polar surface area (TPSA) is 172 Å². The van der Waals surface area contributed by atoms with Gasteiger partial charge in [-0.15, -0.1) is 0 Å². The average Bonchev–Trinajstić information content (AvgIpc) is 3.52. The van der Waals surface area contributed by atoms with E-state index in [0.717, 1.165) is 74.9 Å². The van der Waals surface area contributed by atoms with Gasteiger partial charge in [0.25, 0.3) is 5.91 Å². The number of benzene rings is 3. The number of carbonyl (C=O) groups is 4. The van der Waals surface area contributed by atoms with E-state index < -0.39 is 23.2 Å². The average molecular weight is 854 g/mol. The van der Waals surface area contributed by atoms with Crippen LogP contribution >= 0.6 is 0 Å². The van der Waals surface area contributed by atoms with Gasteiger partial charge >= 0.3 is 0 Å². The first kappa shape index (κ1) is 40.7. The van der Waals surface area contributed by atoms with E-state index in [9.17, 15) is 19.2 Å². The van der Waals surface area contributed by atoms with Crippen molar-refractivity contribution in [3.63, 3.8) is 0 Å². The van der Waals surface area contributed by atoms with Crippen LogP contribution in [-0.2, 0) is 26.3 Å². The Labute approximate surface area is 365 Å². The van der Waals surface area contributed by atoms with E-state index in [0.29, 0.717) is 49.5 Å². The number of aromatic nitrogens is 1. The summed E-state index contributed by atoms with van der Waals surface area (Å²) in [5.74, 6) is -1.65. The zero-order chi connectivity index (χ0) is 43.6. The van der Waals surface area contributed by atoms with Gasteiger partial charge in [0.2, 0.25) is 17.7 Å². The second-order valence-corrected chi connectivity index (χ2v) is 17.7. The van der Waals surface area contributed by atoms with Gasteiger partial charge in [-0.05, 0) is 98.0 Å². The number of likely N-dealkylation sites (tertiary alicyclic amines) is 1. The number of nitrogens with two attached hydrogens (primary N) is 1. The van der Waals surface area contributed by atoms with E-state index in [1.54, 1.807) is 18.2 Å². The number of pyridine rings is 1. The molecule has 4 aromatic rings. The zero-order valence-corrected chi connectivity index (χ0v) is 35.5. The summed E-state index contributed by atoms with van der Waals surface area (Å²) in [6, 6.07) is 24.1. The van der Waals surface area contributed by atoms with Gasteiger partial charge in [-0.25, -0.2) is 14.8 Å². The van der Waals surface area contributed by atoms with Crippen LogP contribution in [-0.4, -0.2) is 114 Å². The van der Waals surface area contributed by atoms with Gasteiger partial charge in [0.05, 0.1) is 5.92 Å². The molecule has 0 saturated carbocycles. The fourth-order valence-corrected chi connectivity index (χ4v) is 9.96. The smallest absolute Gasteiger partial charge is 0.257 e. The molecule has 7 heterocycles. The Hall–Kier alpha value is -6.36. The Morgan fingerprint density at radius 2 is 1.57 bits per heavy atom. The molecule has 0 radical (unpaired) electrons. The van der Waals surface area contributed by atoms with Crippen molar-refractivity contribution in [1.82, 2.24) is 30.5 Å². The molecule has 16 heteroatoms. The van der Waals surface area contributed by atoms with E-state index in [1.165, 1.54) is 30.4 Å². The fraction of sp³-hybridized carbons (Fsp3) is 0.383. The molecule has 4 amide bonds. The molecule has 4 saturated heterocycles. The van der Waals surface area contributed by atoms with E-state index in [2.05, 4.69) is 76.3 Å². The van der Waals surface area contributed by atoms with Crippen molar-refractivity contribution in [3.8, 4) is 0 Å². The number of piperazine rings is 1. The Balaban J connectivity index is 0.725. The van der Waals surface area contributed by atoms with E-state index in [4.69, 9.17) is 5.73 Å². The summed E-state index contributed by atoms with van der Waals surface area (Å²) in [5, 5.41) is 10.5. The largest absolute Gasteiger partial charge is 0.369 e. The second kappa shape index (κ2) is 16.1. The van der Waals surface area contributed by atoms with Crippen molar-refractivity contribution in [2.75, 3.05) is 79.3 Å². The number of aryl methyl sites for hydroxylation is 1. The van der Waals surface area contributed by atoms with Gasteiger partial charge < -0.3 is 26.2 Å². The van der Waals surface area contributed by atoms with E-state index >= 15 is 4.39 Å². The van der Waals surface area contributed by atoms with Crippen LogP contribution in [0.2, 0.25) is 0 Å². The van der Waals surface area contributed by atoms with Crippen LogP contribution < -0.4 is 36.9 Å². The molecule has 63 heavy (non-hydrogen) atoms. The Bertz CT molecular complexity index is 2530. The molecule has 1 aromatic heterocycles. The number of amides is 4. The number of nitrogens with zero attached hydrogens (tertiary/aromatic N) is 6. The fourth-order valence-electron chi connectivity index (χ4n) is 9.96. The molecular formula is C47H52FN11O4. The maximum Gasteiger partial charge on any atom is 0.257 e. The zero-order valence-electron chi connectivity index (χ0n) is 35.5. The summed E-state index contributed by atoms with van der Waals surface area (Å²) >= 11 is 0. The number of halogens is 1. The molecule has 0 spiro atoms. The first-order valence-electron chi connectivity index (χ1n) is 21.9. The van der Waals surface area contributed by atoms with Crippen LogP contribution in [0.1, 0.15) is 57.1 Å². The summed E-state index contributed by atoms with van der Waals surface area (Å²) in [7, 11) is 0. The number of nitrogens with one attached hydrogen (secondary N) is 4. The molecular weight excluding hydrogens is 802 g/mol. The number of piperidine rings is 1. The molecule has 0 aliphatic carbocycles. The number of fused-ring (bicyclic) bond motifs is 2. The lowest BCUT2D eigenvalue weighted by Gasteiger charge is -2.55. The van der Waals surface area contributed by atoms with Crippen molar-refractivity contribution < 1.29 is 23.6 Å². The van der Waals surface area contributed by atoms with Gasteiger partial charge in [-0.2, -0.15) is 0 Å². The molecule has 2 unspecified atom stereocenters. The van der Waals surface area contributed by atoms with Crippen molar-refractivity contribution >= 4 is 46.5 Å². The highest BCUT2D eigenvalue weighted by molar-refractivity contribution is 6.05. The molecule has 4 fully saturated rings. The van der Waals surface area contributed by atoms with Crippen LogP contribution in [0.15, 0.2) is 84.7 Å². The van der Waals surface area contributed by atoms with Gasteiger partial charge in [0.1, 0.15) is 17.5 Å². The maximum absolute atomic E-state index is 16.3. The van der Waals surface area contributed by atoms with Gasteiger partial charge in [-0.3, -0.25) is 39.3 Å². The summed E-state index contributed by atoms with van der Waals surface area (Å²) in [5.41, 5.74) is 13.9. The highest BCUT2D eigenvalue weighted by Crippen LogP contribution is 2.38. The van der Waals surface area contributed by atoms with Crippen molar-refractivity contribution in [2.45, 2.75) is 56.7 Å². The highest BCUT2D eigenvalue weighted by Gasteiger charge is 2.47. The lowest BCUT2D eigenvalue weighted by Crippen LogP contribution is -2.71. The molecule has 6 aliphatic rings. The van der Waals surface area contributed by atoms with Crippen LogP contribution in [0.25, 0.3) is 0 Å². The lowest BCUT2D eigenvalue weighted by molar-refractivity contribution is -0.134. The molecule has 0 bridgehead atoms. The van der Waals surface area contributed by atoms with Crippen LogP contribution in [0.5, 0.6) is 0 Å². The summed E-state index contributed by atoms with van der Waals surface area (Å²) < 4.78 is 16.3. The van der Waals surface area contributed by atoms with Crippen LogP contribution in [0.3, 0.4) is 0 Å². The van der Waals surface area contributed by atoms with Gasteiger partial charge in [0, 0.05) is 111 Å². The van der Waals surface area contributed by atoms with Crippen LogP contribution in [0.4, 0.5) is 27.3 Å². The number of hydrazine groups is 1. The minimum atomic E-state index is -1.67. The third-order valence-electron chi connectivity index (χ3n) is 13.9. The van der Waals surface area contributed by atoms with Crippen molar-refractivity contribution in [3.05, 3.63) is 124 Å². The first-order valence-corrected chi connectivity index (χ1v) is 21.9. The number of hydrogen-bond acceptors (Lipinski definition) is 12. The summed E-state index contributed by atoms with van der Waals surface area (Å²) in [6.45, 7) is 11.9. The SMILES string of the molecule is Cc1cccc(NC(=O)c2ccc(C3(C(N)=O)C=C4Nc5ccc(N6CCN(C7CN(C8CN(c9ccc(C%10CCC(=O)NC%10=O)cc9)C8)C7)CC6)cc5CCN4N3)c(F)c2C)n1. The van der Waals surface area contributed by atoms with Crippen LogP contribution in [0, 0.1) is 19.7 Å². The number of rotatable bonds is 9. The molecule has 15 nitrogen and oxygen atoms in total. The molecule has 10 rings (SSSR count). The second-order valence-electron chi connectivity index (χ2n) is 17.7. The Morgan fingerprint density at radius 3 is 2.30 bits per heavy atom. The van der Waals surface area contributed by atoms with Gasteiger partial charge in [0.15, 0.2) is 5.54 Å².